The van der Waals surface area contributed by atoms with E-state index in [-0.39, 0.29) is 5.56 Å². The van der Waals surface area contributed by atoms with E-state index >= 15 is 0 Å². The van der Waals surface area contributed by atoms with Crippen LogP contribution in [0.3, 0.4) is 0 Å². The Morgan fingerprint density at radius 2 is 1.95 bits per heavy atom. The van der Waals surface area contributed by atoms with E-state index in [0.717, 1.165) is 18.2 Å². The summed E-state index contributed by atoms with van der Waals surface area (Å²) in [6.07, 6.45) is 3.04. The number of aromatic nitrogens is 2. The minimum Gasteiger partial charge on any atom is -0.310 e. The van der Waals surface area contributed by atoms with Crippen molar-refractivity contribution in [2.45, 2.75) is 25.8 Å². The molecule has 1 heterocycles. The van der Waals surface area contributed by atoms with Gasteiger partial charge in [-0.1, -0.05) is 13.0 Å². The average molecular weight is 297 g/mol. The Kier molecular flexibility index (Phi) is 5.01. The Bertz CT molecular complexity index is 610. The number of hydrogen-bond acceptors (Lipinski definition) is 2. The third-order valence-corrected chi connectivity index (χ3v) is 3.26. The van der Waals surface area contributed by atoms with Gasteiger partial charge in [-0.3, -0.25) is 4.68 Å². The van der Waals surface area contributed by atoms with Crippen LogP contribution in [0.5, 0.6) is 0 Å². The van der Waals surface area contributed by atoms with Crippen LogP contribution >= 0.6 is 0 Å². The van der Waals surface area contributed by atoms with E-state index in [9.17, 15) is 13.2 Å². The highest BCUT2D eigenvalue weighted by atomic mass is 19.2. The van der Waals surface area contributed by atoms with Gasteiger partial charge in [-0.2, -0.15) is 5.10 Å². The largest absolute Gasteiger partial charge is 0.310 e. The van der Waals surface area contributed by atoms with Crippen LogP contribution in [0.15, 0.2) is 24.4 Å². The summed E-state index contributed by atoms with van der Waals surface area (Å²) < 4.78 is 42.1. The molecule has 2 rings (SSSR count). The third-order valence-electron chi connectivity index (χ3n) is 3.26. The van der Waals surface area contributed by atoms with Crippen molar-refractivity contribution in [3.8, 4) is 0 Å². The van der Waals surface area contributed by atoms with Crippen LogP contribution < -0.4 is 5.32 Å². The molecule has 6 heteroatoms. The van der Waals surface area contributed by atoms with Crippen molar-refractivity contribution in [1.29, 1.82) is 0 Å². The molecule has 0 fully saturated rings. The zero-order valence-electron chi connectivity index (χ0n) is 12.0. The van der Waals surface area contributed by atoms with Gasteiger partial charge in [0.05, 0.1) is 5.69 Å². The smallest absolute Gasteiger partial charge is 0.194 e. The van der Waals surface area contributed by atoms with Gasteiger partial charge in [0.25, 0.3) is 0 Å². The van der Waals surface area contributed by atoms with Crippen molar-refractivity contribution in [3.63, 3.8) is 0 Å². The molecule has 21 heavy (non-hydrogen) atoms. The van der Waals surface area contributed by atoms with Crippen LogP contribution in [0.25, 0.3) is 0 Å². The maximum atomic E-state index is 14.0. The predicted octanol–water partition coefficient (Wildman–Crippen LogP) is 3.12. The SMILES string of the molecule is CCCNC(Cc1ccn(C)n1)c1ccc(F)c(F)c1F. The Morgan fingerprint density at radius 3 is 2.57 bits per heavy atom. The second-order valence-electron chi connectivity index (χ2n) is 4.96. The summed E-state index contributed by atoms with van der Waals surface area (Å²) in [6, 6.07) is 3.60. The monoisotopic (exact) mass is 297 g/mol. The summed E-state index contributed by atoms with van der Waals surface area (Å²) in [4.78, 5) is 0. The van der Waals surface area contributed by atoms with E-state index in [2.05, 4.69) is 10.4 Å². The van der Waals surface area contributed by atoms with Gasteiger partial charge in [-0.25, -0.2) is 13.2 Å². The first kappa shape index (κ1) is 15.6. The van der Waals surface area contributed by atoms with Gasteiger partial charge in [0, 0.05) is 31.3 Å². The highest BCUT2D eigenvalue weighted by molar-refractivity contribution is 5.25. The molecule has 0 bridgehead atoms. The van der Waals surface area contributed by atoms with Crippen LogP contribution in [0.2, 0.25) is 0 Å². The van der Waals surface area contributed by atoms with Crippen LogP contribution in [0.1, 0.15) is 30.6 Å². The van der Waals surface area contributed by atoms with E-state index in [1.807, 2.05) is 13.0 Å². The minimum atomic E-state index is -1.43. The van der Waals surface area contributed by atoms with Gasteiger partial charge in [0.15, 0.2) is 17.5 Å². The van der Waals surface area contributed by atoms with Crippen molar-refractivity contribution in [2.24, 2.45) is 7.05 Å². The third kappa shape index (κ3) is 3.64. The average Bonchev–Trinajstić information content (AvgIpc) is 2.87. The highest BCUT2D eigenvalue weighted by Gasteiger charge is 2.21. The Hall–Kier alpha value is -1.82. The summed E-state index contributed by atoms with van der Waals surface area (Å²) in [5, 5.41) is 7.39. The normalized spacial score (nSPS) is 12.6. The summed E-state index contributed by atoms with van der Waals surface area (Å²) in [5.41, 5.74) is 0.878. The molecular weight excluding hydrogens is 279 g/mol. The molecule has 1 N–H and O–H groups in total. The van der Waals surface area contributed by atoms with Crippen LogP contribution in [0.4, 0.5) is 13.2 Å². The highest BCUT2D eigenvalue weighted by Crippen LogP contribution is 2.24. The fourth-order valence-corrected chi connectivity index (χ4v) is 2.20. The molecule has 0 saturated heterocycles. The molecule has 0 radical (unpaired) electrons. The molecule has 2 aromatic rings. The van der Waals surface area contributed by atoms with Crippen LogP contribution in [-0.4, -0.2) is 16.3 Å². The molecule has 3 nitrogen and oxygen atoms in total. The second-order valence-corrected chi connectivity index (χ2v) is 4.96. The summed E-state index contributed by atoms with van der Waals surface area (Å²) in [6.45, 7) is 2.63. The molecule has 1 aromatic heterocycles. The summed E-state index contributed by atoms with van der Waals surface area (Å²) >= 11 is 0. The van der Waals surface area contributed by atoms with Gasteiger partial charge >= 0.3 is 0 Å². The van der Waals surface area contributed by atoms with E-state index in [1.54, 1.807) is 17.9 Å². The number of benzene rings is 1. The first-order valence-electron chi connectivity index (χ1n) is 6.88. The number of aryl methyl sites for hydroxylation is 1. The molecule has 114 valence electrons. The molecule has 1 unspecified atom stereocenters. The first-order valence-corrected chi connectivity index (χ1v) is 6.88. The van der Waals surface area contributed by atoms with E-state index in [4.69, 9.17) is 0 Å². The molecular formula is C15H18F3N3. The maximum absolute atomic E-state index is 14.0. The van der Waals surface area contributed by atoms with Crippen molar-refractivity contribution >= 4 is 0 Å². The Labute approximate surface area is 121 Å². The van der Waals surface area contributed by atoms with Gasteiger partial charge in [0.1, 0.15) is 0 Å². The molecule has 0 aliphatic carbocycles. The fraction of sp³-hybridized carbons (Fsp3) is 0.400. The minimum absolute atomic E-state index is 0.119. The Balaban J connectivity index is 2.29. The lowest BCUT2D eigenvalue weighted by atomic mass is 10.0. The number of nitrogens with one attached hydrogen (secondary N) is 1. The molecule has 0 aliphatic rings. The fourth-order valence-electron chi connectivity index (χ4n) is 2.20. The second kappa shape index (κ2) is 6.76. The molecule has 0 amide bonds. The lowest BCUT2D eigenvalue weighted by Crippen LogP contribution is -2.25. The zero-order chi connectivity index (χ0) is 15.4. The lowest BCUT2D eigenvalue weighted by Gasteiger charge is -2.19. The van der Waals surface area contributed by atoms with E-state index < -0.39 is 23.5 Å². The summed E-state index contributed by atoms with van der Waals surface area (Å²) in [5.74, 6) is -3.75. The van der Waals surface area contributed by atoms with Crippen LogP contribution in [-0.2, 0) is 13.5 Å². The van der Waals surface area contributed by atoms with Gasteiger partial charge in [-0.05, 0) is 25.1 Å². The molecule has 0 saturated carbocycles. The van der Waals surface area contributed by atoms with Crippen molar-refractivity contribution < 1.29 is 13.2 Å². The maximum Gasteiger partial charge on any atom is 0.194 e. The van der Waals surface area contributed by atoms with Crippen molar-refractivity contribution in [1.82, 2.24) is 15.1 Å². The predicted molar refractivity (Wildman–Crippen MR) is 74.3 cm³/mol. The van der Waals surface area contributed by atoms with Crippen molar-refractivity contribution in [2.75, 3.05) is 6.54 Å². The van der Waals surface area contributed by atoms with Crippen molar-refractivity contribution in [3.05, 3.63) is 53.1 Å². The lowest BCUT2D eigenvalue weighted by molar-refractivity contribution is 0.422. The molecule has 0 spiro atoms. The Morgan fingerprint density at radius 1 is 1.19 bits per heavy atom. The van der Waals surface area contributed by atoms with Gasteiger partial charge in [-0.15, -0.1) is 0 Å². The standard InChI is InChI=1S/C15H18F3N3/c1-3-7-19-13(9-10-6-8-21(2)20-10)11-4-5-12(16)15(18)14(11)17/h4-6,8,13,19H,3,7,9H2,1-2H3. The number of nitrogens with zero attached hydrogens (tertiary/aromatic N) is 2. The first-order chi connectivity index (χ1) is 10.0. The molecule has 0 aliphatic heterocycles. The number of hydrogen-bond donors (Lipinski definition) is 1. The summed E-state index contributed by atoms with van der Waals surface area (Å²) in [7, 11) is 1.79. The van der Waals surface area contributed by atoms with E-state index in [0.29, 0.717) is 13.0 Å². The van der Waals surface area contributed by atoms with Crippen LogP contribution in [0, 0.1) is 17.5 Å². The van der Waals surface area contributed by atoms with E-state index in [1.165, 1.54) is 6.07 Å². The molecule has 1 atom stereocenters. The number of rotatable bonds is 6. The van der Waals surface area contributed by atoms with Gasteiger partial charge < -0.3 is 5.32 Å². The quantitative estimate of drug-likeness (QED) is 0.830. The topological polar surface area (TPSA) is 29.9 Å². The number of halogens is 3. The van der Waals surface area contributed by atoms with Gasteiger partial charge in [0.2, 0.25) is 0 Å². The zero-order valence-corrected chi connectivity index (χ0v) is 12.0. The molecule has 1 aromatic carbocycles.